The van der Waals surface area contributed by atoms with Crippen molar-refractivity contribution in [2.45, 2.75) is 65.6 Å². The number of fused-ring (bicyclic) bond motifs is 1. The molecule has 0 aliphatic heterocycles. The highest BCUT2D eigenvalue weighted by atomic mass is 16.5. The normalized spacial score (nSPS) is 12.4. The molecular formula is C21H31NO4. The molecule has 0 aliphatic carbocycles. The Morgan fingerprint density at radius 2 is 1.81 bits per heavy atom. The molecule has 2 rings (SSSR count). The quantitative estimate of drug-likeness (QED) is 0.631. The van der Waals surface area contributed by atoms with Gasteiger partial charge in [-0.05, 0) is 65.3 Å². The van der Waals surface area contributed by atoms with E-state index in [9.17, 15) is 4.79 Å². The van der Waals surface area contributed by atoms with Crippen LogP contribution >= 0.6 is 0 Å². The summed E-state index contributed by atoms with van der Waals surface area (Å²) in [5, 5.41) is 0.921. The highest BCUT2D eigenvalue weighted by Gasteiger charge is 2.23. The molecule has 2 aromatic rings. The van der Waals surface area contributed by atoms with Crippen LogP contribution in [0.25, 0.3) is 10.9 Å². The molecule has 0 atom stereocenters. The average Bonchev–Trinajstić information content (AvgIpc) is 2.97. The molecule has 0 spiro atoms. The van der Waals surface area contributed by atoms with Gasteiger partial charge in [0.1, 0.15) is 17.0 Å². The molecule has 1 aromatic carbocycles. The van der Waals surface area contributed by atoms with Crippen LogP contribution in [0.5, 0.6) is 5.75 Å². The van der Waals surface area contributed by atoms with Crippen LogP contribution in [0.3, 0.4) is 0 Å². The van der Waals surface area contributed by atoms with Gasteiger partial charge in [0.2, 0.25) is 0 Å². The van der Waals surface area contributed by atoms with E-state index in [-0.39, 0.29) is 17.2 Å². The molecule has 0 saturated heterocycles. The van der Waals surface area contributed by atoms with Crippen LogP contribution in [0.4, 0.5) is 0 Å². The molecule has 0 saturated carbocycles. The zero-order chi connectivity index (χ0) is 19.4. The second-order valence-electron chi connectivity index (χ2n) is 7.73. The number of benzene rings is 1. The summed E-state index contributed by atoms with van der Waals surface area (Å²) in [6.45, 7) is 13.2. The molecule has 0 unspecified atom stereocenters. The van der Waals surface area contributed by atoms with Crippen molar-refractivity contribution in [3.63, 3.8) is 0 Å². The topological polar surface area (TPSA) is 60.6 Å². The van der Waals surface area contributed by atoms with Crippen molar-refractivity contribution < 1.29 is 19.0 Å². The van der Waals surface area contributed by atoms with Gasteiger partial charge in [0.25, 0.3) is 0 Å². The third-order valence-corrected chi connectivity index (χ3v) is 4.53. The van der Waals surface area contributed by atoms with E-state index in [0.29, 0.717) is 18.9 Å². The first-order valence-corrected chi connectivity index (χ1v) is 9.28. The zero-order valence-corrected chi connectivity index (χ0v) is 16.8. The van der Waals surface area contributed by atoms with Crippen LogP contribution in [0, 0.1) is 0 Å². The molecule has 0 bridgehead atoms. The fourth-order valence-electron chi connectivity index (χ4n) is 2.54. The van der Waals surface area contributed by atoms with Crippen molar-refractivity contribution in [1.82, 2.24) is 4.98 Å². The van der Waals surface area contributed by atoms with E-state index in [2.05, 4.69) is 39.6 Å². The fraction of sp³-hybridized carbons (Fsp3) is 0.571. The van der Waals surface area contributed by atoms with Gasteiger partial charge in [-0.1, -0.05) is 6.92 Å². The first-order valence-electron chi connectivity index (χ1n) is 9.28. The number of carbonyl (C=O) groups excluding carboxylic acids is 1. The Morgan fingerprint density at radius 3 is 2.46 bits per heavy atom. The maximum atomic E-state index is 11.9. The lowest BCUT2D eigenvalue weighted by Crippen LogP contribution is -2.32. The van der Waals surface area contributed by atoms with Crippen LogP contribution in [0.1, 0.15) is 64.9 Å². The third-order valence-electron chi connectivity index (χ3n) is 4.53. The van der Waals surface area contributed by atoms with Crippen LogP contribution in [-0.4, -0.2) is 35.4 Å². The van der Waals surface area contributed by atoms with Gasteiger partial charge in [-0.15, -0.1) is 0 Å². The number of carbonyl (C=O) groups is 1. The summed E-state index contributed by atoms with van der Waals surface area (Å²) in [7, 11) is 0. The van der Waals surface area contributed by atoms with E-state index in [4.69, 9.17) is 14.2 Å². The third kappa shape index (κ3) is 5.49. The zero-order valence-electron chi connectivity index (χ0n) is 16.8. The van der Waals surface area contributed by atoms with Gasteiger partial charge in [0, 0.05) is 17.3 Å². The average molecular weight is 361 g/mol. The van der Waals surface area contributed by atoms with E-state index in [0.717, 1.165) is 29.5 Å². The second-order valence-corrected chi connectivity index (χ2v) is 7.73. The molecule has 0 fully saturated rings. The van der Waals surface area contributed by atoms with Crippen molar-refractivity contribution in [3.8, 4) is 5.75 Å². The number of aromatic nitrogens is 1. The van der Waals surface area contributed by atoms with Crippen LogP contribution in [0.15, 0.2) is 24.3 Å². The molecule has 1 heterocycles. The van der Waals surface area contributed by atoms with Gasteiger partial charge in [0.05, 0.1) is 18.8 Å². The summed E-state index contributed by atoms with van der Waals surface area (Å²) in [5.74, 6) is 0.425. The number of nitrogens with one attached hydrogen (secondary N) is 1. The van der Waals surface area contributed by atoms with E-state index in [1.165, 1.54) is 0 Å². The summed E-state index contributed by atoms with van der Waals surface area (Å²) in [5.41, 5.74) is 0.876. The number of ether oxygens (including phenoxy) is 3. The predicted octanol–water partition coefficient (Wildman–Crippen LogP) is 5.10. The van der Waals surface area contributed by atoms with E-state index in [1.807, 2.05) is 18.2 Å². The highest BCUT2D eigenvalue weighted by molar-refractivity contribution is 5.95. The first kappa shape index (κ1) is 20.3. The van der Waals surface area contributed by atoms with Crippen molar-refractivity contribution in [2.24, 2.45) is 0 Å². The standard InChI is InChI=1S/C21H31NO4/c1-7-20(3,4)25-12-11-21(5,6)26-16-9-10-17-15(13-16)14-18(22-17)19(23)24-8-2/h9-10,13-14,22H,7-8,11-12H2,1-6H3. The Hall–Kier alpha value is -2.01. The van der Waals surface area contributed by atoms with Crippen LogP contribution in [-0.2, 0) is 9.47 Å². The minimum Gasteiger partial charge on any atom is -0.488 e. The van der Waals surface area contributed by atoms with Crippen molar-refractivity contribution in [2.75, 3.05) is 13.2 Å². The van der Waals surface area contributed by atoms with Gasteiger partial charge in [-0.3, -0.25) is 0 Å². The van der Waals surface area contributed by atoms with Crippen molar-refractivity contribution in [1.29, 1.82) is 0 Å². The number of rotatable bonds is 9. The number of esters is 1. The van der Waals surface area contributed by atoms with E-state index >= 15 is 0 Å². The molecule has 1 N–H and O–H groups in total. The molecule has 0 amide bonds. The second kappa shape index (κ2) is 8.12. The summed E-state index contributed by atoms with van der Waals surface area (Å²) in [6.07, 6.45) is 1.76. The first-order chi connectivity index (χ1) is 12.2. The summed E-state index contributed by atoms with van der Waals surface area (Å²) in [6, 6.07) is 7.56. The number of hydrogen-bond acceptors (Lipinski definition) is 4. The molecule has 5 nitrogen and oxygen atoms in total. The summed E-state index contributed by atoms with van der Waals surface area (Å²) >= 11 is 0. The van der Waals surface area contributed by atoms with Gasteiger partial charge >= 0.3 is 5.97 Å². The molecule has 5 heteroatoms. The Labute approximate surface area is 156 Å². The Bertz CT molecular complexity index is 746. The van der Waals surface area contributed by atoms with E-state index < -0.39 is 0 Å². The maximum absolute atomic E-state index is 11.9. The minimum atomic E-state index is -0.349. The fourth-order valence-corrected chi connectivity index (χ4v) is 2.54. The van der Waals surface area contributed by atoms with Gasteiger partial charge < -0.3 is 19.2 Å². The lowest BCUT2D eigenvalue weighted by Gasteiger charge is -2.29. The highest BCUT2D eigenvalue weighted by Crippen LogP contribution is 2.27. The Balaban J connectivity index is 2.03. The lowest BCUT2D eigenvalue weighted by atomic mass is 10.0. The van der Waals surface area contributed by atoms with Crippen LogP contribution < -0.4 is 4.74 Å². The SMILES string of the molecule is CCOC(=O)c1cc2cc(OC(C)(C)CCOC(C)(C)CC)ccc2[nH]1. The molecule has 0 radical (unpaired) electrons. The number of H-pyrrole nitrogens is 1. The van der Waals surface area contributed by atoms with E-state index in [1.54, 1.807) is 13.0 Å². The minimum absolute atomic E-state index is 0.108. The number of hydrogen-bond donors (Lipinski definition) is 1. The Morgan fingerprint density at radius 1 is 1.08 bits per heavy atom. The molecule has 144 valence electrons. The monoisotopic (exact) mass is 361 g/mol. The summed E-state index contributed by atoms with van der Waals surface area (Å²) < 4.78 is 17.1. The van der Waals surface area contributed by atoms with Crippen molar-refractivity contribution >= 4 is 16.9 Å². The smallest absolute Gasteiger partial charge is 0.354 e. The van der Waals surface area contributed by atoms with Crippen molar-refractivity contribution in [3.05, 3.63) is 30.0 Å². The molecule has 1 aromatic heterocycles. The molecular weight excluding hydrogens is 330 g/mol. The predicted molar refractivity (Wildman–Crippen MR) is 104 cm³/mol. The molecule has 0 aliphatic rings. The van der Waals surface area contributed by atoms with Crippen LogP contribution in [0.2, 0.25) is 0 Å². The Kier molecular flexibility index (Phi) is 6.34. The maximum Gasteiger partial charge on any atom is 0.354 e. The van der Waals surface area contributed by atoms with Gasteiger partial charge in [0.15, 0.2) is 0 Å². The lowest BCUT2D eigenvalue weighted by molar-refractivity contribution is -0.0423. The number of aromatic amines is 1. The largest absolute Gasteiger partial charge is 0.488 e. The molecule has 26 heavy (non-hydrogen) atoms. The van der Waals surface area contributed by atoms with Gasteiger partial charge in [-0.25, -0.2) is 4.79 Å². The van der Waals surface area contributed by atoms with Gasteiger partial charge in [-0.2, -0.15) is 0 Å². The summed E-state index contributed by atoms with van der Waals surface area (Å²) in [4.78, 5) is 14.9.